The standard InChI is InChI=1S/C42H31Cl2N3O3S/c43-33-23-24-36(44)37(26-33)46-42(50)39(31-13-6-2-7-14-31)51-35-18-10-17-34(27-35)45-41(49)38(47-40(48)32-15-8-3-9-16-32)25-28-19-21-30(22-20-28)29-11-4-1-5-12-29/h1-27,39H,(H,45,49)(H,46,50)(H,47,48)/b38-25+. The second kappa shape index (κ2) is 16.9. The molecule has 9 heteroatoms. The lowest BCUT2D eigenvalue weighted by Crippen LogP contribution is -2.30. The predicted molar refractivity (Wildman–Crippen MR) is 209 cm³/mol. The average Bonchev–Trinajstić information content (AvgIpc) is 3.16. The van der Waals surface area contributed by atoms with Gasteiger partial charge in [0.15, 0.2) is 0 Å². The van der Waals surface area contributed by atoms with Crippen LogP contribution in [0.2, 0.25) is 10.0 Å². The number of nitrogens with one attached hydrogen (secondary N) is 3. The Morgan fingerprint density at radius 2 is 1.27 bits per heavy atom. The van der Waals surface area contributed by atoms with Crippen LogP contribution >= 0.6 is 35.0 Å². The normalized spacial score (nSPS) is 11.7. The number of carbonyl (C=O) groups excluding carboxylic acids is 3. The van der Waals surface area contributed by atoms with Gasteiger partial charge in [0.25, 0.3) is 11.8 Å². The highest BCUT2D eigenvalue weighted by Crippen LogP contribution is 2.38. The van der Waals surface area contributed by atoms with Crippen molar-refractivity contribution >= 4 is 70.1 Å². The molecule has 3 amide bonds. The summed E-state index contributed by atoms with van der Waals surface area (Å²) in [7, 11) is 0. The Kier molecular flexibility index (Phi) is 11.7. The van der Waals surface area contributed by atoms with Crippen molar-refractivity contribution in [1.29, 1.82) is 0 Å². The van der Waals surface area contributed by atoms with Crippen LogP contribution < -0.4 is 16.0 Å². The fourth-order valence-corrected chi connectivity index (χ4v) is 6.61. The van der Waals surface area contributed by atoms with Gasteiger partial charge >= 0.3 is 0 Å². The molecule has 0 aliphatic heterocycles. The van der Waals surface area contributed by atoms with Crippen LogP contribution in [0.25, 0.3) is 17.2 Å². The van der Waals surface area contributed by atoms with Crippen molar-refractivity contribution in [1.82, 2.24) is 5.32 Å². The fraction of sp³-hybridized carbons (Fsp3) is 0.0238. The zero-order valence-corrected chi connectivity index (χ0v) is 29.4. The van der Waals surface area contributed by atoms with Crippen molar-refractivity contribution in [3.05, 3.63) is 190 Å². The van der Waals surface area contributed by atoms with E-state index in [9.17, 15) is 14.4 Å². The number of benzene rings is 6. The number of hydrogen-bond acceptors (Lipinski definition) is 4. The number of thioether (sulfide) groups is 1. The number of halogens is 2. The molecule has 0 aliphatic rings. The molecule has 0 aromatic heterocycles. The fourth-order valence-electron chi connectivity index (χ4n) is 5.19. The van der Waals surface area contributed by atoms with Gasteiger partial charge in [0.1, 0.15) is 10.9 Å². The molecule has 6 aromatic carbocycles. The summed E-state index contributed by atoms with van der Waals surface area (Å²) in [6, 6.07) is 47.8. The van der Waals surface area contributed by atoms with Gasteiger partial charge in [0, 0.05) is 21.2 Å². The Morgan fingerprint density at radius 1 is 0.627 bits per heavy atom. The van der Waals surface area contributed by atoms with Gasteiger partial charge in [-0.2, -0.15) is 0 Å². The number of carbonyl (C=O) groups is 3. The van der Waals surface area contributed by atoms with Crippen LogP contribution in [0.4, 0.5) is 11.4 Å². The number of amides is 3. The van der Waals surface area contributed by atoms with E-state index in [1.165, 1.54) is 11.8 Å². The maximum absolute atomic E-state index is 13.8. The Bertz CT molecular complexity index is 2180. The molecule has 0 bridgehead atoms. The van der Waals surface area contributed by atoms with Crippen LogP contribution in [0, 0.1) is 0 Å². The summed E-state index contributed by atoms with van der Waals surface area (Å²) in [5, 5.41) is 8.77. The van der Waals surface area contributed by atoms with Crippen molar-refractivity contribution in [2.75, 3.05) is 10.6 Å². The molecule has 0 saturated heterocycles. The summed E-state index contributed by atoms with van der Waals surface area (Å²) in [4.78, 5) is 41.4. The summed E-state index contributed by atoms with van der Waals surface area (Å²) in [6.07, 6.45) is 1.64. The smallest absolute Gasteiger partial charge is 0.272 e. The topological polar surface area (TPSA) is 87.3 Å². The molecule has 1 atom stereocenters. The van der Waals surface area contributed by atoms with E-state index < -0.39 is 17.1 Å². The molecule has 0 aliphatic carbocycles. The van der Waals surface area contributed by atoms with E-state index in [-0.39, 0.29) is 11.6 Å². The molecular formula is C42H31Cl2N3O3S. The van der Waals surface area contributed by atoms with Crippen molar-refractivity contribution in [3.8, 4) is 11.1 Å². The summed E-state index contributed by atoms with van der Waals surface area (Å²) >= 11 is 13.8. The molecule has 3 N–H and O–H groups in total. The van der Waals surface area contributed by atoms with Crippen LogP contribution in [-0.4, -0.2) is 17.7 Å². The van der Waals surface area contributed by atoms with Gasteiger partial charge in [-0.25, -0.2) is 0 Å². The molecule has 0 radical (unpaired) electrons. The molecule has 252 valence electrons. The Morgan fingerprint density at radius 3 is 1.98 bits per heavy atom. The molecule has 0 spiro atoms. The highest BCUT2D eigenvalue weighted by molar-refractivity contribution is 8.00. The van der Waals surface area contributed by atoms with Gasteiger partial charge in [-0.1, -0.05) is 132 Å². The lowest BCUT2D eigenvalue weighted by Gasteiger charge is -2.18. The summed E-state index contributed by atoms with van der Waals surface area (Å²) in [5.41, 5.74) is 4.97. The molecule has 6 rings (SSSR count). The average molecular weight is 729 g/mol. The van der Waals surface area contributed by atoms with Gasteiger partial charge in [-0.05, 0) is 76.9 Å². The van der Waals surface area contributed by atoms with Crippen molar-refractivity contribution in [3.63, 3.8) is 0 Å². The minimum absolute atomic E-state index is 0.0642. The number of hydrogen-bond donors (Lipinski definition) is 3. The molecule has 6 nitrogen and oxygen atoms in total. The third kappa shape index (κ3) is 9.55. The van der Waals surface area contributed by atoms with E-state index in [0.29, 0.717) is 27.0 Å². The van der Waals surface area contributed by atoms with Gasteiger partial charge in [-0.15, -0.1) is 11.8 Å². The quantitative estimate of drug-likeness (QED) is 0.0916. The van der Waals surface area contributed by atoms with E-state index in [0.717, 1.165) is 27.1 Å². The van der Waals surface area contributed by atoms with E-state index in [4.69, 9.17) is 23.2 Å². The highest BCUT2D eigenvalue weighted by atomic mass is 35.5. The molecule has 0 fully saturated rings. The first-order valence-electron chi connectivity index (χ1n) is 15.9. The highest BCUT2D eigenvalue weighted by Gasteiger charge is 2.24. The molecule has 0 saturated carbocycles. The molecular weight excluding hydrogens is 697 g/mol. The SMILES string of the molecule is O=C(Nc1cccc(SC(C(=O)Nc2cc(Cl)ccc2Cl)c2ccccc2)c1)/C(=C\c1ccc(-c2ccccc2)cc1)NC(=O)c1ccccc1. The first-order chi connectivity index (χ1) is 24.8. The first-order valence-corrected chi connectivity index (χ1v) is 17.6. The second-order valence-electron chi connectivity index (χ2n) is 11.4. The molecule has 51 heavy (non-hydrogen) atoms. The lowest BCUT2D eigenvalue weighted by atomic mass is 10.0. The Hall–Kier alpha value is -5.60. The van der Waals surface area contributed by atoms with Gasteiger partial charge in [0.05, 0.1) is 10.7 Å². The maximum Gasteiger partial charge on any atom is 0.272 e. The van der Waals surface area contributed by atoms with Crippen molar-refractivity contribution < 1.29 is 14.4 Å². The second-order valence-corrected chi connectivity index (χ2v) is 13.4. The van der Waals surface area contributed by atoms with Crippen molar-refractivity contribution in [2.45, 2.75) is 10.1 Å². The Balaban J connectivity index is 1.24. The van der Waals surface area contributed by atoms with Gasteiger partial charge in [-0.3, -0.25) is 14.4 Å². The van der Waals surface area contributed by atoms with Crippen LogP contribution in [0.5, 0.6) is 0 Å². The largest absolute Gasteiger partial charge is 0.323 e. The third-order valence-corrected chi connectivity index (χ3v) is 9.54. The predicted octanol–water partition coefficient (Wildman–Crippen LogP) is 10.5. The maximum atomic E-state index is 13.8. The Labute approximate surface area is 310 Å². The molecule has 1 unspecified atom stereocenters. The zero-order valence-electron chi connectivity index (χ0n) is 27.1. The third-order valence-electron chi connectivity index (χ3n) is 7.73. The minimum atomic E-state index is -0.660. The lowest BCUT2D eigenvalue weighted by molar-refractivity contribution is -0.116. The summed E-state index contributed by atoms with van der Waals surface area (Å²) in [5.74, 6) is -1.22. The van der Waals surface area contributed by atoms with E-state index >= 15 is 0 Å². The number of anilines is 2. The van der Waals surface area contributed by atoms with Crippen LogP contribution in [0.15, 0.2) is 168 Å². The van der Waals surface area contributed by atoms with Crippen molar-refractivity contribution in [2.24, 2.45) is 0 Å². The molecule has 6 aromatic rings. The number of rotatable bonds is 11. The first kappa shape index (κ1) is 35.2. The van der Waals surface area contributed by atoms with E-state index in [1.807, 2.05) is 97.1 Å². The van der Waals surface area contributed by atoms with Crippen LogP contribution in [0.3, 0.4) is 0 Å². The zero-order chi connectivity index (χ0) is 35.6. The molecule has 0 heterocycles. The van der Waals surface area contributed by atoms with Gasteiger partial charge in [0.2, 0.25) is 5.91 Å². The van der Waals surface area contributed by atoms with Crippen LogP contribution in [0.1, 0.15) is 26.7 Å². The van der Waals surface area contributed by atoms with Gasteiger partial charge < -0.3 is 16.0 Å². The summed E-state index contributed by atoms with van der Waals surface area (Å²) < 4.78 is 0. The van der Waals surface area contributed by atoms with Crippen LogP contribution in [-0.2, 0) is 9.59 Å². The monoisotopic (exact) mass is 727 g/mol. The summed E-state index contributed by atoms with van der Waals surface area (Å²) in [6.45, 7) is 0. The minimum Gasteiger partial charge on any atom is -0.323 e. The van der Waals surface area contributed by atoms with E-state index in [1.54, 1.807) is 66.7 Å². The van der Waals surface area contributed by atoms with E-state index in [2.05, 4.69) is 16.0 Å².